The highest BCUT2D eigenvalue weighted by Gasteiger charge is 2.43. The Bertz CT molecular complexity index is 519. The van der Waals surface area contributed by atoms with Crippen LogP contribution < -0.4 is 5.32 Å². The molecule has 5 atom stereocenters. The maximum absolute atomic E-state index is 11.3. The Hall–Kier alpha value is -2.21. The number of esters is 1. The summed E-state index contributed by atoms with van der Waals surface area (Å²) in [4.78, 5) is 33.0. The molecular weight excluding hydrogens is 330 g/mol. The number of carbonyl (C=O) groups excluding carboxylic acids is 2. The highest BCUT2D eigenvalue weighted by Crippen LogP contribution is 2.23. The fourth-order valence-electron chi connectivity index (χ4n) is 2.04. The predicted octanol–water partition coefficient (Wildman–Crippen LogP) is -3.52. The zero-order chi connectivity index (χ0) is 18.4. The van der Waals surface area contributed by atoms with Crippen molar-refractivity contribution in [1.82, 2.24) is 5.32 Å². The van der Waals surface area contributed by atoms with Crippen LogP contribution in [0.3, 0.4) is 0 Å². The Morgan fingerprint density at radius 1 is 1.38 bits per heavy atom. The van der Waals surface area contributed by atoms with Crippen LogP contribution in [0.5, 0.6) is 0 Å². The molecule has 24 heavy (non-hydrogen) atoms. The first-order valence-electron chi connectivity index (χ1n) is 6.87. The van der Waals surface area contributed by atoms with Crippen LogP contribution >= 0.6 is 0 Å². The normalized spacial score (nSPS) is 25.7. The van der Waals surface area contributed by atoms with Gasteiger partial charge in [0.05, 0.1) is 6.04 Å². The lowest BCUT2D eigenvalue weighted by molar-refractivity contribution is -0.157. The summed E-state index contributed by atoms with van der Waals surface area (Å²) in [6.45, 7) is -0.452. The molecule has 0 aromatic rings. The lowest BCUT2D eigenvalue weighted by atomic mass is 9.94. The Balaban J connectivity index is 2.98. The molecule has 1 amide bonds. The molecule has 1 rings (SSSR count). The largest absolute Gasteiger partial charge is 0.478 e. The van der Waals surface area contributed by atoms with E-state index in [1.807, 2.05) is 0 Å². The van der Waals surface area contributed by atoms with Crippen molar-refractivity contribution < 1.29 is 49.4 Å². The van der Waals surface area contributed by atoms with E-state index in [0.29, 0.717) is 0 Å². The summed E-state index contributed by atoms with van der Waals surface area (Å²) in [5, 5.41) is 49.7. The molecule has 0 aromatic carbocycles. The number of carboxylic acids is 1. The van der Waals surface area contributed by atoms with Gasteiger partial charge in [0.15, 0.2) is 6.10 Å². The average molecular weight is 349 g/mol. The zero-order valence-electron chi connectivity index (χ0n) is 12.7. The summed E-state index contributed by atoms with van der Waals surface area (Å²) in [5.41, 5.74) is 0. The molecule has 0 saturated carbocycles. The maximum Gasteiger partial charge on any atom is 0.370 e. The van der Waals surface area contributed by atoms with Gasteiger partial charge in [0.25, 0.3) is 0 Å². The minimum atomic E-state index is -1.81. The molecule has 6 N–H and O–H groups in total. The first-order valence-corrected chi connectivity index (χ1v) is 6.87. The zero-order valence-corrected chi connectivity index (χ0v) is 12.7. The number of ether oxygens (including phenoxy) is 2. The number of aliphatic carboxylic acids is 1. The van der Waals surface area contributed by atoms with Gasteiger partial charge in [0.2, 0.25) is 11.7 Å². The van der Waals surface area contributed by atoms with E-state index in [9.17, 15) is 29.7 Å². The van der Waals surface area contributed by atoms with E-state index in [4.69, 9.17) is 14.9 Å². The minimum absolute atomic E-state index is 0.612. The van der Waals surface area contributed by atoms with Crippen LogP contribution in [0.1, 0.15) is 6.92 Å². The van der Waals surface area contributed by atoms with Gasteiger partial charge in [-0.1, -0.05) is 0 Å². The standard InChI is InChI=1S/C13H19NO10/c1-5(16)23-4-7(18)11(20)12-10(14-9(19)3-15)6(17)2-8(24-12)13(21)22/h2,6-7,10-12,15,17-18,20H,3-4H2,1H3,(H,14,19)(H,21,22). The monoisotopic (exact) mass is 349 g/mol. The third-order valence-electron chi connectivity index (χ3n) is 3.18. The summed E-state index contributed by atoms with van der Waals surface area (Å²) >= 11 is 0. The first-order chi connectivity index (χ1) is 11.2. The number of carboxylic acid groups (broad SMARTS) is 1. The van der Waals surface area contributed by atoms with Crippen LogP contribution in [0.4, 0.5) is 0 Å². The Morgan fingerprint density at radius 3 is 2.50 bits per heavy atom. The van der Waals surface area contributed by atoms with Crippen molar-refractivity contribution in [2.45, 2.75) is 37.4 Å². The summed E-state index contributed by atoms with van der Waals surface area (Å²) in [6.07, 6.45) is -5.83. The molecule has 0 saturated heterocycles. The molecule has 1 aliphatic rings. The van der Waals surface area contributed by atoms with Crippen molar-refractivity contribution in [2.24, 2.45) is 0 Å². The quantitative estimate of drug-likeness (QED) is 0.252. The topological polar surface area (TPSA) is 183 Å². The molecule has 0 aromatic heterocycles. The summed E-state index contributed by atoms with van der Waals surface area (Å²) in [6, 6.07) is -1.35. The van der Waals surface area contributed by atoms with Crippen LogP contribution in [0.2, 0.25) is 0 Å². The fourth-order valence-corrected chi connectivity index (χ4v) is 2.04. The van der Waals surface area contributed by atoms with Gasteiger partial charge in [0, 0.05) is 6.92 Å². The van der Waals surface area contributed by atoms with Crippen LogP contribution in [-0.4, -0.2) is 87.0 Å². The number of carbonyl (C=O) groups is 3. The molecule has 136 valence electrons. The van der Waals surface area contributed by atoms with Crippen molar-refractivity contribution in [2.75, 3.05) is 13.2 Å². The molecule has 11 heteroatoms. The highest BCUT2D eigenvalue weighted by molar-refractivity contribution is 5.84. The molecule has 11 nitrogen and oxygen atoms in total. The van der Waals surface area contributed by atoms with Gasteiger partial charge in [-0.3, -0.25) is 9.59 Å². The average Bonchev–Trinajstić information content (AvgIpc) is 2.52. The van der Waals surface area contributed by atoms with Gasteiger partial charge in [-0.05, 0) is 6.08 Å². The van der Waals surface area contributed by atoms with E-state index in [-0.39, 0.29) is 0 Å². The third kappa shape index (κ3) is 5.16. The molecule has 0 aliphatic carbocycles. The number of rotatable bonds is 7. The van der Waals surface area contributed by atoms with Crippen LogP contribution in [0, 0.1) is 0 Å². The number of hydrogen-bond acceptors (Lipinski definition) is 9. The smallest absolute Gasteiger partial charge is 0.370 e. The molecule has 0 fully saturated rings. The summed E-state index contributed by atoms with van der Waals surface area (Å²) < 4.78 is 9.55. The van der Waals surface area contributed by atoms with Crippen LogP contribution in [0.25, 0.3) is 0 Å². The van der Waals surface area contributed by atoms with E-state index < -0.39 is 67.3 Å². The van der Waals surface area contributed by atoms with E-state index in [1.54, 1.807) is 0 Å². The number of hydrogen-bond donors (Lipinski definition) is 6. The van der Waals surface area contributed by atoms with Crippen molar-refractivity contribution in [3.63, 3.8) is 0 Å². The third-order valence-corrected chi connectivity index (χ3v) is 3.18. The number of aliphatic hydroxyl groups is 4. The van der Waals surface area contributed by atoms with E-state index in [2.05, 4.69) is 10.1 Å². The summed E-state index contributed by atoms with van der Waals surface area (Å²) in [7, 11) is 0. The lowest BCUT2D eigenvalue weighted by Gasteiger charge is -2.38. The highest BCUT2D eigenvalue weighted by atomic mass is 16.6. The maximum atomic E-state index is 11.3. The van der Waals surface area contributed by atoms with E-state index in [0.717, 1.165) is 13.0 Å². The second kappa shape index (κ2) is 8.59. The lowest BCUT2D eigenvalue weighted by Crippen LogP contribution is -2.60. The second-order valence-electron chi connectivity index (χ2n) is 5.02. The Kier molecular flexibility index (Phi) is 7.10. The molecule has 0 spiro atoms. The molecule has 0 radical (unpaired) electrons. The van der Waals surface area contributed by atoms with Crippen molar-refractivity contribution in [1.29, 1.82) is 0 Å². The van der Waals surface area contributed by atoms with Gasteiger partial charge in [-0.25, -0.2) is 4.79 Å². The first kappa shape index (κ1) is 19.8. The molecule has 0 bridgehead atoms. The van der Waals surface area contributed by atoms with Gasteiger partial charge < -0.3 is 40.3 Å². The molecule has 5 unspecified atom stereocenters. The van der Waals surface area contributed by atoms with Gasteiger partial charge in [0.1, 0.15) is 31.5 Å². The van der Waals surface area contributed by atoms with Crippen LogP contribution in [0.15, 0.2) is 11.8 Å². The van der Waals surface area contributed by atoms with Crippen LogP contribution in [-0.2, 0) is 23.9 Å². The summed E-state index contributed by atoms with van der Waals surface area (Å²) in [5.74, 6) is -3.86. The molecule has 1 heterocycles. The van der Waals surface area contributed by atoms with Gasteiger partial charge in [-0.15, -0.1) is 0 Å². The van der Waals surface area contributed by atoms with Gasteiger partial charge >= 0.3 is 11.9 Å². The van der Waals surface area contributed by atoms with E-state index in [1.165, 1.54) is 0 Å². The number of aliphatic hydroxyl groups excluding tert-OH is 4. The number of amides is 1. The Morgan fingerprint density at radius 2 is 2.00 bits per heavy atom. The Labute approximate surface area is 136 Å². The van der Waals surface area contributed by atoms with Crippen molar-refractivity contribution in [3.05, 3.63) is 11.8 Å². The molecule has 1 aliphatic heterocycles. The SMILES string of the molecule is CC(=O)OCC(O)C(O)C1OC(C(=O)O)=CC(O)C1NC(=O)CO. The van der Waals surface area contributed by atoms with Crippen molar-refractivity contribution in [3.8, 4) is 0 Å². The predicted molar refractivity (Wildman–Crippen MR) is 74.3 cm³/mol. The minimum Gasteiger partial charge on any atom is -0.478 e. The van der Waals surface area contributed by atoms with E-state index >= 15 is 0 Å². The fraction of sp³-hybridized carbons (Fsp3) is 0.615. The second-order valence-corrected chi connectivity index (χ2v) is 5.02. The molecular formula is C13H19NO10. The van der Waals surface area contributed by atoms with Gasteiger partial charge in [-0.2, -0.15) is 0 Å². The number of nitrogens with one attached hydrogen (secondary N) is 1. The van der Waals surface area contributed by atoms with Crippen molar-refractivity contribution >= 4 is 17.8 Å².